The fraction of sp³-hybridized carbons (Fsp3) is 0.478. The maximum Gasteiger partial charge on any atom is 0.191 e. The molecular weight excluding hydrogens is 378 g/mol. The first kappa shape index (κ1) is 22.1. The number of rotatable bonds is 8. The number of aryl methyl sites for hydroxylation is 1. The van der Waals surface area contributed by atoms with Gasteiger partial charge in [0.25, 0.3) is 0 Å². The molecule has 0 spiro atoms. The first-order valence-corrected chi connectivity index (χ1v) is 10.6. The van der Waals surface area contributed by atoms with E-state index in [0.717, 1.165) is 62.5 Å². The summed E-state index contributed by atoms with van der Waals surface area (Å²) in [4.78, 5) is 11.7. The zero-order chi connectivity index (χ0) is 21.2. The molecule has 1 saturated heterocycles. The molecule has 162 valence electrons. The van der Waals surface area contributed by atoms with E-state index in [9.17, 15) is 0 Å². The smallest absolute Gasteiger partial charge is 0.191 e. The van der Waals surface area contributed by atoms with Gasteiger partial charge in [-0.15, -0.1) is 0 Å². The van der Waals surface area contributed by atoms with Gasteiger partial charge in [0.1, 0.15) is 5.75 Å². The Bertz CT molecular complexity index is 803. The number of aliphatic imine (C=N–C) groups is 1. The summed E-state index contributed by atoms with van der Waals surface area (Å²) in [5.74, 6) is 1.67. The molecule has 2 heterocycles. The Kier molecular flexibility index (Phi) is 8.47. The van der Waals surface area contributed by atoms with Crippen molar-refractivity contribution in [3.05, 3.63) is 59.4 Å². The van der Waals surface area contributed by atoms with E-state index < -0.39 is 0 Å². The Hall–Kier alpha value is -2.64. The molecule has 0 saturated carbocycles. The van der Waals surface area contributed by atoms with Gasteiger partial charge >= 0.3 is 0 Å². The van der Waals surface area contributed by atoms with Gasteiger partial charge in [0.15, 0.2) is 5.96 Å². The maximum absolute atomic E-state index is 5.56. The van der Waals surface area contributed by atoms with Crippen molar-refractivity contribution in [1.82, 2.24) is 20.5 Å². The Morgan fingerprint density at radius 3 is 2.60 bits per heavy atom. The quantitative estimate of drug-likeness (QED) is 0.514. The molecule has 0 amide bonds. The van der Waals surface area contributed by atoms with Crippen molar-refractivity contribution < 1.29 is 9.47 Å². The largest absolute Gasteiger partial charge is 0.497 e. The van der Waals surface area contributed by atoms with Gasteiger partial charge in [-0.2, -0.15) is 0 Å². The van der Waals surface area contributed by atoms with Crippen LogP contribution in [0.4, 0.5) is 0 Å². The van der Waals surface area contributed by atoms with Crippen molar-refractivity contribution in [3.63, 3.8) is 0 Å². The number of nitrogens with one attached hydrogen (secondary N) is 2. The van der Waals surface area contributed by atoms with E-state index in [4.69, 9.17) is 14.5 Å². The van der Waals surface area contributed by atoms with Gasteiger partial charge in [0.2, 0.25) is 0 Å². The summed E-state index contributed by atoms with van der Waals surface area (Å²) in [7, 11) is 1.69. The normalized spacial score (nSPS) is 16.2. The van der Waals surface area contributed by atoms with Crippen molar-refractivity contribution in [2.24, 2.45) is 4.99 Å². The number of hydrogen-bond donors (Lipinski definition) is 2. The summed E-state index contributed by atoms with van der Waals surface area (Å²) in [5, 5.41) is 6.87. The number of nitrogens with zero attached hydrogens (tertiary/aromatic N) is 3. The Morgan fingerprint density at radius 2 is 1.93 bits per heavy atom. The molecule has 30 heavy (non-hydrogen) atoms. The fourth-order valence-corrected chi connectivity index (χ4v) is 3.56. The minimum Gasteiger partial charge on any atom is -0.497 e. The van der Waals surface area contributed by atoms with Gasteiger partial charge < -0.3 is 20.1 Å². The molecule has 1 aliphatic rings. The summed E-state index contributed by atoms with van der Waals surface area (Å²) in [6.07, 6.45) is 0. The molecule has 1 atom stereocenters. The van der Waals surface area contributed by atoms with Crippen LogP contribution in [0, 0.1) is 6.92 Å². The number of benzene rings is 1. The van der Waals surface area contributed by atoms with Crippen molar-refractivity contribution in [1.29, 1.82) is 0 Å². The van der Waals surface area contributed by atoms with Crippen LogP contribution in [0.5, 0.6) is 5.75 Å². The number of aromatic nitrogens is 1. The van der Waals surface area contributed by atoms with Crippen molar-refractivity contribution in [2.45, 2.75) is 26.4 Å². The van der Waals surface area contributed by atoms with E-state index in [2.05, 4.69) is 39.6 Å². The predicted molar refractivity (Wildman–Crippen MR) is 120 cm³/mol. The molecule has 1 aromatic carbocycles. The van der Waals surface area contributed by atoms with Crippen LogP contribution in [0.3, 0.4) is 0 Å². The van der Waals surface area contributed by atoms with Crippen molar-refractivity contribution >= 4 is 5.96 Å². The third kappa shape index (κ3) is 6.43. The number of hydrogen-bond acceptors (Lipinski definition) is 5. The van der Waals surface area contributed by atoms with Gasteiger partial charge in [0.05, 0.1) is 38.6 Å². The minimum absolute atomic E-state index is 0.223. The topological polar surface area (TPSA) is 71.0 Å². The standard InChI is InChI=1S/C23H33N5O2/c1-4-24-23(25-16-20-7-5-6-18(2)27-20)26-17-22(28-12-14-30-15-13-28)19-8-10-21(29-3)11-9-19/h5-11,22H,4,12-17H2,1-3H3,(H2,24,25,26). The van der Waals surface area contributed by atoms with Gasteiger partial charge in [-0.1, -0.05) is 18.2 Å². The van der Waals surface area contributed by atoms with E-state index in [1.54, 1.807) is 7.11 Å². The molecule has 1 unspecified atom stereocenters. The van der Waals surface area contributed by atoms with Crippen LogP contribution < -0.4 is 15.4 Å². The van der Waals surface area contributed by atoms with E-state index in [1.165, 1.54) is 5.56 Å². The molecule has 3 rings (SSSR count). The zero-order valence-electron chi connectivity index (χ0n) is 18.2. The Morgan fingerprint density at radius 1 is 1.17 bits per heavy atom. The molecule has 0 bridgehead atoms. The second kappa shape index (κ2) is 11.5. The van der Waals surface area contributed by atoms with Crippen LogP contribution in [0.25, 0.3) is 0 Å². The minimum atomic E-state index is 0.223. The summed E-state index contributed by atoms with van der Waals surface area (Å²) >= 11 is 0. The lowest BCUT2D eigenvalue weighted by Gasteiger charge is -2.35. The molecule has 1 aromatic heterocycles. The number of ether oxygens (including phenoxy) is 2. The van der Waals surface area contributed by atoms with E-state index in [-0.39, 0.29) is 6.04 Å². The monoisotopic (exact) mass is 411 g/mol. The van der Waals surface area contributed by atoms with Crippen molar-refractivity contribution in [3.8, 4) is 5.75 Å². The number of morpholine rings is 1. The lowest BCUT2D eigenvalue weighted by atomic mass is 10.0. The first-order valence-electron chi connectivity index (χ1n) is 10.6. The molecular formula is C23H33N5O2. The maximum atomic E-state index is 5.56. The molecule has 2 N–H and O–H groups in total. The molecule has 2 aromatic rings. The molecule has 0 radical (unpaired) electrons. The van der Waals surface area contributed by atoms with Crippen LogP contribution in [0.1, 0.15) is 29.9 Å². The zero-order valence-corrected chi connectivity index (χ0v) is 18.2. The first-order chi connectivity index (χ1) is 14.7. The predicted octanol–water partition coefficient (Wildman–Crippen LogP) is 2.53. The number of pyridine rings is 1. The van der Waals surface area contributed by atoms with E-state index in [1.807, 2.05) is 37.3 Å². The van der Waals surface area contributed by atoms with Gasteiger partial charge in [0, 0.05) is 31.9 Å². The molecule has 7 heteroatoms. The van der Waals surface area contributed by atoms with Crippen LogP contribution in [-0.4, -0.2) is 62.3 Å². The highest BCUT2D eigenvalue weighted by Crippen LogP contribution is 2.23. The van der Waals surface area contributed by atoms with Crippen molar-refractivity contribution in [2.75, 3.05) is 46.5 Å². The molecule has 7 nitrogen and oxygen atoms in total. The molecule has 1 fully saturated rings. The van der Waals surface area contributed by atoms with E-state index in [0.29, 0.717) is 6.54 Å². The van der Waals surface area contributed by atoms with Crippen LogP contribution in [0.15, 0.2) is 47.5 Å². The van der Waals surface area contributed by atoms with Gasteiger partial charge in [-0.3, -0.25) is 9.88 Å². The summed E-state index contributed by atoms with van der Waals surface area (Å²) in [5.41, 5.74) is 3.22. The molecule has 1 aliphatic heterocycles. The number of methoxy groups -OCH3 is 1. The summed E-state index contributed by atoms with van der Waals surface area (Å²) in [6, 6.07) is 14.6. The Labute approximate surface area is 179 Å². The summed E-state index contributed by atoms with van der Waals surface area (Å²) < 4.78 is 10.9. The lowest BCUT2D eigenvalue weighted by Crippen LogP contribution is -2.46. The van der Waals surface area contributed by atoms with Crippen LogP contribution >= 0.6 is 0 Å². The second-order valence-electron chi connectivity index (χ2n) is 7.28. The van der Waals surface area contributed by atoms with Gasteiger partial charge in [-0.05, 0) is 43.7 Å². The highest BCUT2D eigenvalue weighted by molar-refractivity contribution is 5.79. The number of guanidine groups is 1. The average molecular weight is 412 g/mol. The Balaban J connectivity index is 1.71. The second-order valence-corrected chi connectivity index (χ2v) is 7.28. The average Bonchev–Trinajstić information content (AvgIpc) is 2.78. The molecule has 0 aliphatic carbocycles. The van der Waals surface area contributed by atoms with E-state index >= 15 is 0 Å². The summed E-state index contributed by atoms with van der Waals surface area (Å²) in [6.45, 7) is 9.53. The highest BCUT2D eigenvalue weighted by Gasteiger charge is 2.23. The highest BCUT2D eigenvalue weighted by atomic mass is 16.5. The SMILES string of the molecule is CCNC(=NCc1cccc(C)n1)NCC(c1ccc(OC)cc1)N1CCOCC1. The van der Waals surface area contributed by atoms with Gasteiger partial charge in [-0.25, -0.2) is 4.99 Å². The third-order valence-electron chi connectivity index (χ3n) is 5.14. The van der Waals surface area contributed by atoms with Crippen LogP contribution in [-0.2, 0) is 11.3 Å². The third-order valence-corrected chi connectivity index (χ3v) is 5.14. The lowest BCUT2D eigenvalue weighted by molar-refractivity contribution is 0.0170. The van der Waals surface area contributed by atoms with Crippen LogP contribution in [0.2, 0.25) is 0 Å². The fourth-order valence-electron chi connectivity index (χ4n) is 3.56.